The summed E-state index contributed by atoms with van der Waals surface area (Å²) in [5.41, 5.74) is 6.79. The lowest BCUT2D eigenvalue weighted by molar-refractivity contribution is 0.225. The average molecular weight is 285 g/mol. The van der Waals surface area contributed by atoms with Crippen molar-refractivity contribution in [1.82, 2.24) is 4.90 Å². The van der Waals surface area contributed by atoms with Crippen LogP contribution >= 0.6 is 15.9 Å². The van der Waals surface area contributed by atoms with Crippen molar-refractivity contribution in [3.8, 4) is 5.75 Å². The molecule has 1 aliphatic rings. The van der Waals surface area contributed by atoms with Crippen LogP contribution in [0.1, 0.15) is 12.0 Å². The van der Waals surface area contributed by atoms with Crippen molar-refractivity contribution in [2.75, 3.05) is 26.2 Å². The van der Waals surface area contributed by atoms with Gasteiger partial charge in [0.2, 0.25) is 0 Å². The normalized spacial score (nSPS) is 16.4. The fraction of sp³-hybridized carbons (Fsp3) is 0.500. The van der Waals surface area contributed by atoms with E-state index in [-0.39, 0.29) is 0 Å². The Balaban J connectivity index is 2.10. The Bertz CT molecular complexity index is 355. The van der Waals surface area contributed by atoms with Crippen LogP contribution in [0.3, 0.4) is 0 Å². The van der Waals surface area contributed by atoms with Gasteiger partial charge in [-0.15, -0.1) is 0 Å². The molecule has 0 fully saturated rings. The number of rotatable bonds is 3. The van der Waals surface area contributed by atoms with Crippen LogP contribution in [0, 0.1) is 0 Å². The second-order valence-electron chi connectivity index (χ2n) is 4.02. The van der Waals surface area contributed by atoms with Gasteiger partial charge in [-0.25, -0.2) is 0 Å². The standard InChI is InChI=1S/C12H17BrN2O/c13-11-2-3-12-10(8-11)9-15(5-1-4-14)6-7-16-12/h2-3,8H,1,4-7,9,14H2. The van der Waals surface area contributed by atoms with E-state index in [2.05, 4.69) is 26.9 Å². The van der Waals surface area contributed by atoms with Gasteiger partial charge in [0, 0.05) is 23.1 Å². The van der Waals surface area contributed by atoms with Crippen molar-refractivity contribution >= 4 is 15.9 Å². The molecule has 0 radical (unpaired) electrons. The maximum Gasteiger partial charge on any atom is 0.123 e. The van der Waals surface area contributed by atoms with Crippen molar-refractivity contribution in [2.45, 2.75) is 13.0 Å². The number of nitrogens with two attached hydrogens (primary N) is 1. The van der Waals surface area contributed by atoms with E-state index in [0.29, 0.717) is 0 Å². The van der Waals surface area contributed by atoms with E-state index in [9.17, 15) is 0 Å². The highest BCUT2D eigenvalue weighted by Crippen LogP contribution is 2.26. The first kappa shape index (κ1) is 11.9. The van der Waals surface area contributed by atoms with E-state index >= 15 is 0 Å². The van der Waals surface area contributed by atoms with Gasteiger partial charge in [0.05, 0.1) is 0 Å². The number of ether oxygens (including phenoxy) is 1. The molecule has 2 rings (SSSR count). The predicted molar refractivity (Wildman–Crippen MR) is 68.6 cm³/mol. The fourth-order valence-corrected chi connectivity index (χ4v) is 2.33. The molecular weight excluding hydrogens is 268 g/mol. The Kier molecular flexibility index (Phi) is 4.21. The average Bonchev–Trinajstić information content (AvgIpc) is 2.47. The summed E-state index contributed by atoms with van der Waals surface area (Å²) in [5, 5.41) is 0. The quantitative estimate of drug-likeness (QED) is 0.923. The number of halogens is 1. The highest BCUT2D eigenvalue weighted by atomic mass is 79.9. The molecule has 1 aromatic rings. The molecule has 0 unspecified atom stereocenters. The van der Waals surface area contributed by atoms with Crippen molar-refractivity contribution in [3.05, 3.63) is 28.2 Å². The van der Waals surface area contributed by atoms with Gasteiger partial charge in [0.25, 0.3) is 0 Å². The Labute approximate surface area is 105 Å². The summed E-state index contributed by atoms with van der Waals surface area (Å²) in [7, 11) is 0. The molecule has 1 heterocycles. The summed E-state index contributed by atoms with van der Waals surface area (Å²) in [4.78, 5) is 2.39. The molecule has 0 bridgehead atoms. The van der Waals surface area contributed by atoms with Gasteiger partial charge in [0.15, 0.2) is 0 Å². The molecule has 0 saturated heterocycles. The summed E-state index contributed by atoms with van der Waals surface area (Å²) in [5.74, 6) is 1.01. The van der Waals surface area contributed by atoms with Crippen LogP contribution in [-0.4, -0.2) is 31.1 Å². The third-order valence-corrected chi connectivity index (χ3v) is 3.25. The molecule has 0 amide bonds. The Morgan fingerprint density at radius 3 is 3.12 bits per heavy atom. The van der Waals surface area contributed by atoms with Gasteiger partial charge in [-0.05, 0) is 37.7 Å². The Hall–Kier alpha value is -0.580. The van der Waals surface area contributed by atoms with Crippen molar-refractivity contribution < 1.29 is 4.74 Å². The van der Waals surface area contributed by atoms with E-state index in [1.165, 1.54) is 5.56 Å². The van der Waals surface area contributed by atoms with Gasteiger partial charge in [-0.3, -0.25) is 4.90 Å². The molecule has 0 aromatic heterocycles. The maximum atomic E-state index is 5.72. The van der Waals surface area contributed by atoms with Crippen molar-refractivity contribution in [2.24, 2.45) is 5.73 Å². The van der Waals surface area contributed by atoms with Crippen LogP contribution in [-0.2, 0) is 6.54 Å². The van der Waals surface area contributed by atoms with Gasteiger partial charge >= 0.3 is 0 Å². The monoisotopic (exact) mass is 284 g/mol. The van der Waals surface area contributed by atoms with E-state index < -0.39 is 0 Å². The van der Waals surface area contributed by atoms with Crippen LogP contribution in [0.15, 0.2) is 22.7 Å². The second-order valence-corrected chi connectivity index (χ2v) is 4.93. The predicted octanol–water partition coefficient (Wildman–Crippen LogP) is 1.99. The van der Waals surface area contributed by atoms with Gasteiger partial charge in [-0.2, -0.15) is 0 Å². The summed E-state index contributed by atoms with van der Waals surface area (Å²) in [6, 6.07) is 6.19. The first-order valence-corrected chi connectivity index (χ1v) is 6.42. The van der Waals surface area contributed by atoms with Gasteiger partial charge in [-0.1, -0.05) is 15.9 Å². The molecule has 4 heteroatoms. The van der Waals surface area contributed by atoms with E-state index in [1.54, 1.807) is 0 Å². The minimum Gasteiger partial charge on any atom is -0.492 e. The molecule has 2 N–H and O–H groups in total. The van der Waals surface area contributed by atoms with Crippen LogP contribution in [0.4, 0.5) is 0 Å². The Morgan fingerprint density at radius 2 is 2.31 bits per heavy atom. The van der Waals surface area contributed by atoms with Crippen LogP contribution < -0.4 is 10.5 Å². The lowest BCUT2D eigenvalue weighted by Gasteiger charge is -2.18. The third-order valence-electron chi connectivity index (χ3n) is 2.76. The first-order valence-electron chi connectivity index (χ1n) is 5.63. The number of hydrogen-bond donors (Lipinski definition) is 1. The van der Waals surface area contributed by atoms with Gasteiger partial charge in [0.1, 0.15) is 12.4 Å². The van der Waals surface area contributed by atoms with Gasteiger partial charge < -0.3 is 10.5 Å². The molecule has 1 aliphatic heterocycles. The second kappa shape index (κ2) is 5.66. The zero-order valence-corrected chi connectivity index (χ0v) is 10.9. The van der Waals surface area contributed by atoms with Crippen molar-refractivity contribution in [1.29, 1.82) is 0 Å². The SMILES string of the molecule is NCCCN1CCOc2ccc(Br)cc2C1. The smallest absolute Gasteiger partial charge is 0.123 e. The molecule has 0 aliphatic carbocycles. The maximum absolute atomic E-state index is 5.72. The molecule has 3 nitrogen and oxygen atoms in total. The van der Waals surface area contributed by atoms with Crippen LogP contribution in [0.2, 0.25) is 0 Å². The van der Waals surface area contributed by atoms with E-state index in [1.807, 2.05) is 12.1 Å². The topological polar surface area (TPSA) is 38.5 Å². The molecule has 0 saturated carbocycles. The number of fused-ring (bicyclic) bond motifs is 1. The molecule has 88 valence electrons. The lowest BCUT2D eigenvalue weighted by Crippen LogP contribution is -2.28. The molecule has 16 heavy (non-hydrogen) atoms. The molecule has 1 aromatic carbocycles. The summed E-state index contributed by atoms with van der Waals surface area (Å²) in [6.07, 6.45) is 1.04. The minimum absolute atomic E-state index is 0.753. The summed E-state index contributed by atoms with van der Waals surface area (Å²) >= 11 is 3.49. The highest BCUT2D eigenvalue weighted by Gasteiger charge is 2.14. The number of nitrogens with zero attached hydrogens (tertiary/aromatic N) is 1. The zero-order chi connectivity index (χ0) is 11.4. The zero-order valence-electron chi connectivity index (χ0n) is 9.29. The lowest BCUT2D eigenvalue weighted by atomic mass is 10.2. The summed E-state index contributed by atoms with van der Waals surface area (Å²) < 4.78 is 6.83. The number of benzene rings is 1. The van der Waals surface area contributed by atoms with E-state index in [4.69, 9.17) is 10.5 Å². The molecular formula is C12H17BrN2O. The molecule has 0 atom stereocenters. The first-order chi connectivity index (χ1) is 7.79. The number of hydrogen-bond acceptors (Lipinski definition) is 3. The van der Waals surface area contributed by atoms with Crippen LogP contribution in [0.5, 0.6) is 5.75 Å². The summed E-state index contributed by atoms with van der Waals surface area (Å²) in [6.45, 7) is 4.49. The Morgan fingerprint density at radius 1 is 1.44 bits per heavy atom. The minimum atomic E-state index is 0.753. The molecule has 0 spiro atoms. The highest BCUT2D eigenvalue weighted by molar-refractivity contribution is 9.10. The van der Waals surface area contributed by atoms with Crippen LogP contribution in [0.25, 0.3) is 0 Å². The largest absolute Gasteiger partial charge is 0.492 e. The fourth-order valence-electron chi connectivity index (χ4n) is 1.92. The van der Waals surface area contributed by atoms with E-state index in [0.717, 1.165) is 49.4 Å². The van der Waals surface area contributed by atoms with Crippen molar-refractivity contribution in [3.63, 3.8) is 0 Å². The third kappa shape index (κ3) is 2.97.